The minimum Gasteiger partial charge on any atom is -0.468 e. The van der Waals surface area contributed by atoms with Crippen LogP contribution in [0.15, 0.2) is 42.7 Å². The van der Waals surface area contributed by atoms with E-state index in [-0.39, 0.29) is 11.8 Å². The molecule has 2 amide bonds. The molecule has 8 heteroatoms. The maximum absolute atomic E-state index is 13.1. The molecular formula is C19H21N5O3. The van der Waals surface area contributed by atoms with E-state index in [9.17, 15) is 9.59 Å². The van der Waals surface area contributed by atoms with E-state index in [0.29, 0.717) is 31.2 Å². The van der Waals surface area contributed by atoms with Gasteiger partial charge in [0, 0.05) is 37.8 Å². The number of carbonyl (C=O) groups is 2. The number of para-hydroxylation sites is 1. The van der Waals surface area contributed by atoms with Gasteiger partial charge in [-0.2, -0.15) is 0 Å². The van der Waals surface area contributed by atoms with Crippen LogP contribution in [-0.2, 0) is 9.59 Å². The van der Waals surface area contributed by atoms with Crippen LogP contribution in [0.25, 0.3) is 0 Å². The van der Waals surface area contributed by atoms with Crippen molar-refractivity contribution in [2.75, 3.05) is 18.4 Å². The number of carbonyl (C=O) groups excluding carboxylic acids is 2. The Labute approximate surface area is 156 Å². The molecule has 0 spiro atoms. The first-order valence-electron chi connectivity index (χ1n) is 8.89. The number of benzene rings is 1. The van der Waals surface area contributed by atoms with Gasteiger partial charge in [0.15, 0.2) is 5.72 Å². The van der Waals surface area contributed by atoms with Crippen LogP contribution in [-0.4, -0.2) is 45.5 Å². The number of fused-ring (bicyclic) bond motifs is 4. The summed E-state index contributed by atoms with van der Waals surface area (Å²) in [5.74, 6) is -0.895. The van der Waals surface area contributed by atoms with Gasteiger partial charge in [0.1, 0.15) is 11.7 Å². The van der Waals surface area contributed by atoms with Gasteiger partial charge in [-0.3, -0.25) is 9.59 Å². The van der Waals surface area contributed by atoms with Crippen LogP contribution in [0.2, 0.25) is 0 Å². The van der Waals surface area contributed by atoms with Crippen LogP contribution in [0.3, 0.4) is 0 Å². The van der Waals surface area contributed by atoms with Crippen LogP contribution >= 0.6 is 0 Å². The molecular weight excluding hydrogens is 346 g/mol. The van der Waals surface area contributed by atoms with E-state index in [1.807, 2.05) is 31.2 Å². The highest BCUT2D eigenvalue weighted by Gasteiger charge is 2.55. The molecule has 3 atom stereocenters. The molecule has 140 valence electrons. The van der Waals surface area contributed by atoms with Gasteiger partial charge in [0.05, 0.1) is 0 Å². The summed E-state index contributed by atoms with van der Waals surface area (Å²) in [5, 5.41) is 3.08. The number of ether oxygens (including phenoxy) is 1. The largest absolute Gasteiger partial charge is 0.468 e. The molecule has 2 bridgehead atoms. The lowest BCUT2D eigenvalue weighted by Crippen LogP contribution is -2.65. The summed E-state index contributed by atoms with van der Waals surface area (Å²) in [4.78, 5) is 35.0. The van der Waals surface area contributed by atoms with E-state index < -0.39 is 17.6 Å². The predicted octanol–water partition coefficient (Wildman–Crippen LogP) is 1.11. The molecule has 1 saturated heterocycles. The zero-order chi connectivity index (χ0) is 19.0. The molecule has 2 aliphatic rings. The highest BCUT2D eigenvalue weighted by molar-refractivity contribution is 6.01. The quantitative estimate of drug-likeness (QED) is 0.766. The summed E-state index contributed by atoms with van der Waals surface area (Å²) in [5.41, 5.74) is 5.64. The number of hydrogen-bond donors (Lipinski definition) is 2. The molecule has 0 aliphatic carbocycles. The smallest absolute Gasteiger partial charge is 0.238 e. The molecule has 1 aromatic carbocycles. The van der Waals surface area contributed by atoms with Gasteiger partial charge in [-0.1, -0.05) is 18.2 Å². The fraction of sp³-hybridized carbons (Fsp3) is 0.368. The lowest BCUT2D eigenvalue weighted by Gasteiger charge is -2.52. The fourth-order valence-electron chi connectivity index (χ4n) is 4.05. The Bertz CT molecular complexity index is 875. The molecule has 1 aromatic heterocycles. The molecule has 2 aliphatic heterocycles. The number of likely N-dealkylation sites (tertiary alicyclic amines) is 1. The molecule has 8 nitrogen and oxygen atoms in total. The zero-order valence-electron chi connectivity index (χ0n) is 15.0. The number of hydrogen-bond acceptors (Lipinski definition) is 6. The highest BCUT2D eigenvalue weighted by Crippen LogP contribution is 2.49. The topological polar surface area (TPSA) is 110 Å². The fourth-order valence-corrected chi connectivity index (χ4v) is 4.05. The van der Waals surface area contributed by atoms with E-state index >= 15 is 0 Å². The van der Waals surface area contributed by atoms with Crippen molar-refractivity contribution in [1.29, 1.82) is 0 Å². The van der Waals surface area contributed by atoms with Crippen LogP contribution in [0.4, 0.5) is 5.95 Å². The molecule has 0 saturated carbocycles. The van der Waals surface area contributed by atoms with E-state index in [2.05, 4.69) is 15.3 Å². The Kier molecular flexibility index (Phi) is 4.18. The molecule has 3 N–H and O–H groups in total. The zero-order valence-corrected chi connectivity index (χ0v) is 15.0. The number of aromatic nitrogens is 2. The second-order valence-corrected chi connectivity index (χ2v) is 6.99. The van der Waals surface area contributed by atoms with Crippen molar-refractivity contribution >= 4 is 17.8 Å². The lowest BCUT2D eigenvalue weighted by atomic mass is 9.73. The number of nitrogens with zero attached hydrogens (tertiary/aromatic N) is 3. The molecule has 1 fully saturated rings. The second-order valence-electron chi connectivity index (χ2n) is 6.99. The summed E-state index contributed by atoms with van der Waals surface area (Å²) < 4.78 is 6.20. The normalized spacial score (nSPS) is 26.1. The third-order valence-electron chi connectivity index (χ3n) is 5.24. The molecule has 0 unspecified atom stereocenters. The molecule has 3 heterocycles. The van der Waals surface area contributed by atoms with Gasteiger partial charge < -0.3 is 20.7 Å². The van der Waals surface area contributed by atoms with Crippen molar-refractivity contribution in [3.63, 3.8) is 0 Å². The van der Waals surface area contributed by atoms with E-state index in [4.69, 9.17) is 10.5 Å². The Morgan fingerprint density at radius 3 is 2.81 bits per heavy atom. The summed E-state index contributed by atoms with van der Waals surface area (Å²) in [6.07, 6.45) is 3.79. The van der Waals surface area contributed by atoms with Crippen molar-refractivity contribution in [3.8, 4) is 5.75 Å². The van der Waals surface area contributed by atoms with Crippen LogP contribution in [0.1, 0.15) is 24.8 Å². The van der Waals surface area contributed by atoms with Crippen LogP contribution < -0.4 is 15.8 Å². The number of primary amides is 1. The lowest BCUT2D eigenvalue weighted by molar-refractivity contribution is -0.174. The van der Waals surface area contributed by atoms with Crippen molar-refractivity contribution in [2.24, 2.45) is 11.7 Å². The Morgan fingerprint density at radius 1 is 1.33 bits per heavy atom. The average Bonchev–Trinajstić information content (AvgIpc) is 2.65. The number of nitrogens with one attached hydrogen (secondary N) is 1. The average molecular weight is 367 g/mol. The molecule has 27 heavy (non-hydrogen) atoms. The third kappa shape index (κ3) is 2.97. The van der Waals surface area contributed by atoms with E-state index in [1.54, 1.807) is 23.4 Å². The van der Waals surface area contributed by atoms with Gasteiger partial charge in [-0.05, 0) is 24.6 Å². The second kappa shape index (κ2) is 6.53. The first kappa shape index (κ1) is 17.3. The van der Waals surface area contributed by atoms with Gasteiger partial charge in [-0.25, -0.2) is 9.97 Å². The van der Waals surface area contributed by atoms with Gasteiger partial charge >= 0.3 is 0 Å². The van der Waals surface area contributed by atoms with Gasteiger partial charge in [0.25, 0.3) is 0 Å². The number of nitrogens with two attached hydrogens (primary N) is 1. The number of rotatable bonds is 5. The Balaban J connectivity index is 1.60. The molecule has 4 rings (SSSR count). The minimum atomic E-state index is -0.892. The third-order valence-corrected chi connectivity index (χ3v) is 5.24. The summed E-state index contributed by atoms with van der Waals surface area (Å²) >= 11 is 0. The van der Waals surface area contributed by atoms with E-state index in [0.717, 1.165) is 5.56 Å². The number of anilines is 1. The number of piperidine rings is 1. The maximum atomic E-state index is 13.1. The van der Waals surface area contributed by atoms with Gasteiger partial charge in [-0.15, -0.1) is 0 Å². The summed E-state index contributed by atoms with van der Waals surface area (Å²) in [6.45, 7) is 2.64. The maximum Gasteiger partial charge on any atom is 0.238 e. The van der Waals surface area contributed by atoms with Crippen LogP contribution in [0, 0.1) is 5.92 Å². The number of amides is 2. The first-order chi connectivity index (χ1) is 13.0. The summed E-state index contributed by atoms with van der Waals surface area (Å²) in [7, 11) is 0. The predicted molar refractivity (Wildman–Crippen MR) is 97.8 cm³/mol. The Hall–Kier alpha value is -3.16. The van der Waals surface area contributed by atoms with Gasteiger partial charge in [0.2, 0.25) is 17.8 Å². The SMILES string of the molecule is C[C@@]12C[C@@H](c3ccccc3O1)[C@H](C(N)=O)C(=O)N2CCNc1ncccn1. The minimum absolute atomic E-state index is 0.272. The molecule has 0 radical (unpaired) electrons. The van der Waals surface area contributed by atoms with Crippen molar-refractivity contribution in [2.45, 2.75) is 25.0 Å². The monoisotopic (exact) mass is 367 g/mol. The van der Waals surface area contributed by atoms with Crippen LogP contribution in [0.5, 0.6) is 5.75 Å². The Morgan fingerprint density at radius 2 is 2.07 bits per heavy atom. The highest BCUT2D eigenvalue weighted by atomic mass is 16.5. The van der Waals surface area contributed by atoms with Crippen molar-refractivity contribution < 1.29 is 14.3 Å². The summed E-state index contributed by atoms with van der Waals surface area (Å²) in [6, 6.07) is 9.24. The van der Waals surface area contributed by atoms with E-state index in [1.165, 1.54) is 0 Å². The standard InChI is InChI=1S/C19H21N5O3/c1-19-11-13(12-5-2-3-6-14(12)27-19)15(16(20)25)17(26)24(19)10-9-23-18-21-7-4-8-22-18/h2-8,13,15H,9-11H2,1H3,(H2,20,25)(H,21,22,23)/t13-,15+,19-/m0/s1. The molecule has 2 aromatic rings. The van der Waals surface area contributed by atoms with Crippen molar-refractivity contribution in [3.05, 3.63) is 48.3 Å². The first-order valence-corrected chi connectivity index (χ1v) is 8.89. The van der Waals surface area contributed by atoms with Crippen molar-refractivity contribution in [1.82, 2.24) is 14.9 Å².